The van der Waals surface area contributed by atoms with Crippen LogP contribution in [-0.4, -0.2) is 56.4 Å². The van der Waals surface area contributed by atoms with Gasteiger partial charge in [-0.25, -0.2) is 4.79 Å². The molecule has 0 amide bonds. The van der Waals surface area contributed by atoms with Crippen molar-refractivity contribution in [1.29, 1.82) is 0 Å². The molecule has 0 aromatic rings. The van der Waals surface area contributed by atoms with Gasteiger partial charge >= 0.3 is 11.9 Å². The second-order valence-electron chi connectivity index (χ2n) is 5.71. The Kier molecular flexibility index (Phi) is 11.4. The van der Waals surface area contributed by atoms with Crippen molar-refractivity contribution in [2.24, 2.45) is 4.99 Å². The lowest BCUT2D eigenvalue weighted by Gasteiger charge is -2.22. The summed E-state index contributed by atoms with van der Waals surface area (Å²) in [6.07, 6.45) is 3.49. The first-order chi connectivity index (χ1) is 11.8. The fourth-order valence-electron chi connectivity index (χ4n) is 1.91. The summed E-state index contributed by atoms with van der Waals surface area (Å²) in [6, 6.07) is 0. The summed E-state index contributed by atoms with van der Waals surface area (Å²) >= 11 is 0. The Labute approximate surface area is 149 Å². The summed E-state index contributed by atoms with van der Waals surface area (Å²) in [4.78, 5) is 39.0. The van der Waals surface area contributed by atoms with Crippen LogP contribution >= 0.6 is 0 Å². The first-order valence-electron chi connectivity index (χ1n) is 8.37. The third-order valence-electron chi connectivity index (χ3n) is 3.33. The maximum atomic E-state index is 11.9. The highest BCUT2D eigenvalue weighted by atomic mass is 16.5. The van der Waals surface area contributed by atoms with Crippen molar-refractivity contribution in [1.82, 2.24) is 0 Å². The van der Waals surface area contributed by atoms with Crippen LogP contribution in [0, 0.1) is 0 Å². The molecule has 0 aromatic heterocycles. The van der Waals surface area contributed by atoms with Gasteiger partial charge in [-0.05, 0) is 27.7 Å². The van der Waals surface area contributed by atoms with Crippen molar-refractivity contribution in [3.05, 3.63) is 11.6 Å². The molecule has 0 saturated heterocycles. The van der Waals surface area contributed by atoms with Crippen molar-refractivity contribution in [3.63, 3.8) is 0 Å². The largest absolute Gasteiger partial charge is 0.466 e. The van der Waals surface area contributed by atoms with E-state index in [9.17, 15) is 14.4 Å². The maximum Gasteiger partial charge on any atom is 0.339 e. The average Bonchev–Trinajstić information content (AvgIpc) is 2.56. The SMILES string of the molecule is C/C=C(\C=NC)C(=O)OCCCOC(=O)CCC(=O)C(C)(C)OCC. The number of carbonyl (C=O) groups excluding carboxylic acids is 3. The number of ketones is 1. The molecule has 0 saturated carbocycles. The average molecular weight is 355 g/mol. The molecule has 25 heavy (non-hydrogen) atoms. The van der Waals surface area contributed by atoms with E-state index in [4.69, 9.17) is 14.2 Å². The van der Waals surface area contributed by atoms with E-state index in [1.54, 1.807) is 33.9 Å². The smallest absolute Gasteiger partial charge is 0.339 e. The van der Waals surface area contributed by atoms with Crippen LogP contribution in [0.15, 0.2) is 16.6 Å². The Bertz CT molecular complexity index is 508. The Morgan fingerprint density at radius 1 is 1.08 bits per heavy atom. The van der Waals surface area contributed by atoms with Crippen molar-refractivity contribution < 1.29 is 28.6 Å². The van der Waals surface area contributed by atoms with Crippen molar-refractivity contribution >= 4 is 23.9 Å². The van der Waals surface area contributed by atoms with Gasteiger partial charge in [0.2, 0.25) is 0 Å². The number of carbonyl (C=O) groups is 3. The van der Waals surface area contributed by atoms with E-state index in [-0.39, 0.29) is 31.8 Å². The third kappa shape index (κ3) is 9.76. The lowest BCUT2D eigenvalue weighted by molar-refractivity contribution is -0.148. The Morgan fingerprint density at radius 2 is 1.72 bits per heavy atom. The van der Waals surface area contributed by atoms with E-state index < -0.39 is 17.5 Å². The van der Waals surface area contributed by atoms with Crippen LogP contribution in [0.2, 0.25) is 0 Å². The van der Waals surface area contributed by atoms with E-state index in [0.29, 0.717) is 18.6 Å². The Morgan fingerprint density at radius 3 is 2.28 bits per heavy atom. The first-order valence-corrected chi connectivity index (χ1v) is 8.37. The second kappa shape index (κ2) is 12.4. The van der Waals surface area contributed by atoms with Crippen LogP contribution in [0.3, 0.4) is 0 Å². The number of ether oxygens (including phenoxy) is 3. The molecular formula is C18H29NO6. The summed E-state index contributed by atoms with van der Waals surface area (Å²) in [6.45, 7) is 7.58. The molecule has 0 unspecified atom stereocenters. The molecule has 0 atom stereocenters. The van der Waals surface area contributed by atoms with Crippen LogP contribution in [0.1, 0.15) is 47.0 Å². The van der Waals surface area contributed by atoms with Gasteiger partial charge < -0.3 is 14.2 Å². The van der Waals surface area contributed by atoms with Crippen molar-refractivity contribution in [2.75, 3.05) is 26.9 Å². The standard InChI is InChI=1S/C18H29NO6/c1-6-14(13-19-5)17(22)24-12-8-11-23-16(21)10-9-15(20)18(3,4)25-7-2/h6,13H,7-12H2,1-5H3/b14-6+,19-13?. The fraction of sp³-hybridized carbons (Fsp3) is 0.667. The molecule has 142 valence electrons. The normalized spacial score (nSPS) is 12.3. The number of esters is 2. The molecule has 0 fully saturated rings. The van der Waals surface area contributed by atoms with Crippen molar-refractivity contribution in [2.45, 2.75) is 52.6 Å². The van der Waals surface area contributed by atoms with Crippen LogP contribution in [0.4, 0.5) is 0 Å². The highest BCUT2D eigenvalue weighted by molar-refractivity contribution is 6.09. The van der Waals surface area contributed by atoms with Gasteiger partial charge in [-0.15, -0.1) is 0 Å². The molecular weight excluding hydrogens is 326 g/mol. The van der Waals surface area contributed by atoms with Gasteiger partial charge in [-0.3, -0.25) is 14.6 Å². The zero-order valence-corrected chi connectivity index (χ0v) is 15.8. The number of rotatable bonds is 12. The number of hydrogen-bond acceptors (Lipinski definition) is 7. The lowest BCUT2D eigenvalue weighted by atomic mass is 9.99. The molecule has 7 heteroatoms. The third-order valence-corrected chi connectivity index (χ3v) is 3.33. The van der Waals surface area contributed by atoms with E-state index in [2.05, 4.69) is 4.99 Å². The minimum atomic E-state index is -0.893. The van der Waals surface area contributed by atoms with E-state index in [1.807, 2.05) is 6.92 Å². The number of Topliss-reactive ketones (excluding diaryl/α,β-unsaturated/α-hetero) is 1. The molecule has 0 rings (SSSR count). The molecule has 0 aromatic carbocycles. The van der Waals surface area contributed by atoms with E-state index >= 15 is 0 Å². The molecule has 0 aliphatic rings. The molecule has 0 spiro atoms. The number of nitrogens with zero attached hydrogens (tertiary/aromatic N) is 1. The van der Waals surface area contributed by atoms with E-state index in [1.165, 1.54) is 6.21 Å². The highest BCUT2D eigenvalue weighted by Gasteiger charge is 2.27. The topological polar surface area (TPSA) is 91.3 Å². The van der Waals surface area contributed by atoms with Gasteiger partial charge in [0.1, 0.15) is 5.60 Å². The van der Waals surface area contributed by atoms with Crippen LogP contribution in [0.5, 0.6) is 0 Å². The number of aliphatic imine (C=N–C) groups is 1. The van der Waals surface area contributed by atoms with Gasteiger partial charge in [-0.1, -0.05) is 6.08 Å². The fourth-order valence-corrected chi connectivity index (χ4v) is 1.91. The lowest BCUT2D eigenvalue weighted by Crippen LogP contribution is -2.35. The molecule has 0 aliphatic heterocycles. The van der Waals surface area contributed by atoms with Gasteiger partial charge in [0.15, 0.2) is 5.78 Å². The highest BCUT2D eigenvalue weighted by Crippen LogP contribution is 2.14. The minimum absolute atomic E-state index is 0.00477. The monoisotopic (exact) mass is 355 g/mol. The molecule has 0 N–H and O–H groups in total. The molecule has 7 nitrogen and oxygen atoms in total. The number of allylic oxidation sites excluding steroid dienone is 1. The Hall–Kier alpha value is -2.02. The van der Waals surface area contributed by atoms with Gasteiger partial charge in [0.25, 0.3) is 0 Å². The van der Waals surface area contributed by atoms with Gasteiger partial charge in [0, 0.05) is 32.7 Å². The van der Waals surface area contributed by atoms with Gasteiger partial charge in [-0.2, -0.15) is 0 Å². The predicted molar refractivity (Wildman–Crippen MR) is 94.7 cm³/mol. The van der Waals surface area contributed by atoms with E-state index in [0.717, 1.165) is 0 Å². The molecule has 0 bridgehead atoms. The van der Waals surface area contributed by atoms with Crippen molar-refractivity contribution in [3.8, 4) is 0 Å². The Balaban J connectivity index is 3.95. The van der Waals surface area contributed by atoms with Crippen LogP contribution < -0.4 is 0 Å². The van der Waals surface area contributed by atoms with Crippen LogP contribution in [-0.2, 0) is 28.6 Å². The molecule has 0 radical (unpaired) electrons. The molecule has 0 aliphatic carbocycles. The van der Waals surface area contributed by atoms with Gasteiger partial charge in [0.05, 0.1) is 25.2 Å². The summed E-state index contributed by atoms with van der Waals surface area (Å²) in [7, 11) is 1.57. The zero-order chi connectivity index (χ0) is 19.3. The summed E-state index contributed by atoms with van der Waals surface area (Å²) in [5, 5.41) is 0. The minimum Gasteiger partial charge on any atom is -0.466 e. The quantitative estimate of drug-likeness (QED) is 0.231. The predicted octanol–water partition coefficient (Wildman–Crippen LogP) is 2.27. The second-order valence-corrected chi connectivity index (χ2v) is 5.71. The number of hydrogen-bond donors (Lipinski definition) is 0. The summed E-state index contributed by atoms with van der Waals surface area (Å²) in [5.41, 5.74) is -0.523. The van der Waals surface area contributed by atoms with Crippen LogP contribution in [0.25, 0.3) is 0 Å². The first kappa shape index (κ1) is 23.0. The summed E-state index contributed by atoms with van der Waals surface area (Å²) in [5.74, 6) is -1.07. The maximum absolute atomic E-state index is 11.9. The zero-order valence-electron chi connectivity index (χ0n) is 15.8. The molecule has 0 heterocycles. The summed E-state index contributed by atoms with van der Waals surface area (Å²) < 4.78 is 15.4.